The molecule has 0 N–H and O–H groups in total. The third kappa shape index (κ3) is 5.80. The molecule has 128 valence electrons. The van der Waals surface area contributed by atoms with E-state index < -0.39 is 0 Å². The predicted octanol–water partition coefficient (Wildman–Crippen LogP) is 7.28. The molecule has 0 aliphatic carbocycles. The molecular weight excluding hydrogens is 310 g/mol. The first-order valence-electron chi connectivity index (χ1n) is 9.34. The van der Waals surface area contributed by atoms with Gasteiger partial charge < -0.3 is 0 Å². The second kappa shape index (κ2) is 10.3. The first kappa shape index (κ1) is 18.7. The Morgan fingerprint density at radius 1 is 0.917 bits per heavy atom. The normalized spacial score (nSPS) is 10.7. The van der Waals surface area contributed by atoms with Crippen LogP contribution in [0.2, 0.25) is 0 Å². The Labute approximate surface area is 151 Å². The van der Waals surface area contributed by atoms with Gasteiger partial charge in [-0.05, 0) is 55.2 Å². The fourth-order valence-electron chi connectivity index (χ4n) is 3.10. The minimum absolute atomic E-state index is 0.843. The van der Waals surface area contributed by atoms with Gasteiger partial charge in [-0.2, -0.15) is 5.26 Å². The minimum atomic E-state index is 0.843. The van der Waals surface area contributed by atoms with Gasteiger partial charge >= 0.3 is 0 Å². The monoisotopic (exact) mass is 339 g/mol. The molecule has 1 heterocycles. The number of benzene rings is 1. The van der Waals surface area contributed by atoms with Crippen LogP contribution in [0.3, 0.4) is 0 Å². The molecule has 0 bridgehead atoms. The van der Waals surface area contributed by atoms with Crippen molar-refractivity contribution in [3.05, 3.63) is 46.3 Å². The van der Waals surface area contributed by atoms with Gasteiger partial charge in [0.15, 0.2) is 0 Å². The maximum Gasteiger partial charge on any atom is 0.0994 e. The van der Waals surface area contributed by atoms with Gasteiger partial charge in [0.2, 0.25) is 0 Å². The van der Waals surface area contributed by atoms with Gasteiger partial charge in [-0.25, -0.2) is 0 Å². The lowest BCUT2D eigenvalue weighted by molar-refractivity contribution is 0.575. The molecule has 0 atom stereocenters. The molecule has 0 aliphatic heterocycles. The van der Waals surface area contributed by atoms with E-state index in [2.05, 4.69) is 44.2 Å². The van der Waals surface area contributed by atoms with E-state index >= 15 is 0 Å². The first-order valence-corrected chi connectivity index (χ1v) is 10.2. The van der Waals surface area contributed by atoms with E-state index in [1.54, 1.807) is 0 Å². The topological polar surface area (TPSA) is 23.8 Å². The third-order valence-corrected chi connectivity index (χ3v) is 5.60. The molecule has 0 spiro atoms. The molecule has 1 aromatic heterocycles. The van der Waals surface area contributed by atoms with Crippen molar-refractivity contribution in [2.24, 2.45) is 0 Å². The van der Waals surface area contributed by atoms with Crippen LogP contribution in [0.15, 0.2) is 30.3 Å². The maximum atomic E-state index is 9.36. The molecule has 24 heavy (non-hydrogen) atoms. The van der Waals surface area contributed by atoms with Gasteiger partial charge in [0, 0.05) is 9.75 Å². The average molecular weight is 340 g/mol. The van der Waals surface area contributed by atoms with Crippen molar-refractivity contribution in [2.75, 3.05) is 0 Å². The molecule has 2 rings (SSSR count). The van der Waals surface area contributed by atoms with Gasteiger partial charge in [0.1, 0.15) is 0 Å². The van der Waals surface area contributed by atoms with Crippen molar-refractivity contribution in [3.63, 3.8) is 0 Å². The summed E-state index contributed by atoms with van der Waals surface area (Å²) in [6.45, 7) is 4.40. The summed E-state index contributed by atoms with van der Waals surface area (Å²) in [6, 6.07) is 13.0. The molecular formula is C22H29NS. The number of hydrogen-bond donors (Lipinski definition) is 0. The van der Waals surface area contributed by atoms with Crippen molar-refractivity contribution in [3.8, 4) is 16.5 Å². The number of thiophene rings is 1. The molecule has 0 unspecified atom stereocenters. The van der Waals surface area contributed by atoms with Crippen molar-refractivity contribution in [1.82, 2.24) is 0 Å². The smallest absolute Gasteiger partial charge is 0.0994 e. The zero-order valence-electron chi connectivity index (χ0n) is 15.1. The summed E-state index contributed by atoms with van der Waals surface area (Å²) in [5, 5.41) is 9.36. The van der Waals surface area contributed by atoms with Crippen molar-refractivity contribution in [2.45, 2.75) is 71.6 Å². The van der Waals surface area contributed by atoms with Crippen molar-refractivity contribution in [1.29, 1.82) is 5.26 Å². The number of aryl methyl sites for hydroxylation is 2. The van der Waals surface area contributed by atoms with Crippen LogP contribution in [0.1, 0.15) is 74.3 Å². The molecule has 1 nitrogen and oxygen atoms in total. The number of nitriles is 1. The van der Waals surface area contributed by atoms with Gasteiger partial charge in [-0.1, -0.05) is 57.9 Å². The van der Waals surface area contributed by atoms with Crippen LogP contribution < -0.4 is 0 Å². The van der Waals surface area contributed by atoms with Crippen LogP contribution in [0.5, 0.6) is 0 Å². The van der Waals surface area contributed by atoms with Gasteiger partial charge in [-0.3, -0.25) is 0 Å². The summed E-state index contributed by atoms with van der Waals surface area (Å²) in [5.74, 6) is 0. The molecule has 2 aromatic rings. The van der Waals surface area contributed by atoms with E-state index in [0.29, 0.717) is 0 Å². The molecule has 1 aromatic carbocycles. The summed E-state index contributed by atoms with van der Waals surface area (Å²) in [7, 11) is 0. The highest BCUT2D eigenvalue weighted by Crippen LogP contribution is 2.29. The van der Waals surface area contributed by atoms with Gasteiger partial charge in [-0.15, -0.1) is 11.3 Å². The van der Waals surface area contributed by atoms with E-state index in [4.69, 9.17) is 0 Å². The van der Waals surface area contributed by atoms with E-state index in [1.807, 2.05) is 17.4 Å². The molecule has 2 heteroatoms. The Morgan fingerprint density at radius 3 is 2.25 bits per heavy atom. The van der Waals surface area contributed by atoms with Crippen LogP contribution in [-0.2, 0) is 6.42 Å². The fourth-order valence-corrected chi connectivity index (χ4v) is 3.97. The molecule has 0 saturated carbocycles. The highest BCUT2D eigenvalue weighted by molar-refractivity contribution is 7.15. The summed E-state index contributed by atoms with van der Waals surface area (Å²) in [6.07, 6.45) is 11.6. The molecule has 0 radical (unpaired) electrons. The van der Waals surface area contributed by atoms with E-state index in [-0.39, 0.29) is 0 Å². The zero-order valence-corrected chi connectivity index (χ0v) is 15.9. The third-order valence-electron chi connectivity index (χ3n) is 4.55. The first-order chi connectivity index (χ1) is 11.7. The minimum Gasteiger partial charge on any atom is -0.192 e. The Hall–Kier alpha value is -1.59. The van der Waals surface area contributed by atoms with Crippen LogP contribution in [0, 0.1) is 18.3 Å². The molecule has 0 amide bonds. The van der Waals surface area contributed by atoms with E-state index in [9.17, 15) is 5.26 Å². The van der Waals surface area contributed by atoms with Crippen LogP contribution in [-0.4, -0.2) is 0 Å². The Bertz CT molecular complexity index is 663. The number of unbranched alkanes of at least 4 members (excludes halogenated alkanes) is 7. The summed E-state index contributed by atoms with van der Waals surface area (Å²) in [5.41, 5.74) is 3.31. The SMILES string of the molecule is CCCCCCCCCCc1cc(-c2ccc(C)s2)ccc1C#N. The van der Waals surface area contributed by atoms with Gasteiger partial charge in [0.05, 0.1) is 11.6 Å². The zero-order chi connectivity index (χ0) is 17.2. The fraction of sp³-hybridized carbons (Fsp3) is 0.500. The summed E-state index contributed by atoms with van der Waals surface area (Å²) in [4.78, 5) is 2.63. The highest BCUT2D eigenvalue weighted by atomic mass is 32.1. The van der Waals surface area contributed by atoms with Crippen LogP contribution in [0.25, 0.3) is 10.4 Å². The van der Waals surface area contributed by atoms with Crippen molar-refractivity contribution >= 4 is 11.3 Å². The maximum absolute atomic E-state index is 9.36. The lowest BCUT2D eigenvalue weighted by Crippen LogP contribution is -1.92. The second-order valence-corrected chi connectivity index (χ2v) is 7.91. The van der Waals surface area contributed by atoms with Crippen LogP contribution >= 0.6 is 11.3 Å². The Kier molecular flexibility index (Phi) is 8.05. The van der Waals surface area contributed by atoms with E-state index in [0.717, 1.165) is 12.0 Å². The predicted molar refractivity (Wildman–Crippen MR) is 106 cm³/mol. The second-order valence-electron chi connectivity index (χ2n) is 6.62. The summed E-state index contributed by atoms with van der Waals surface area (Å²) < 4.78 is 0. The molecule has 0 saturated heterocycles. The largest absolute Gasteiger partial charge is 0.192 e. The number of nitrogens with zero attached hydrogens (tertiary/aromatic N) is 1. The highest BCUT2D eigenvalue weighted by Gasteiger charge is 2.07. The number of rotatable bonds is 10. The standard InChI is InChI=1S/C22H29NS/c1-3-4-5-6-7-8-9-10-11-19-16-20(13-14-21(19)17-23)22-15-12-18(2)24-22/h12-16H,3-11H2,1-2H3. The molecule has 0 aliphatic rings. The Balaban J connectivity index is 1.86. The Morgan fingerprint density at radius 2 is 1.62 bits per heavy atom. The van der Waals surface area contributed by atoms with Crippen molar-refractivity contribution < 1.29 is 0 Å². The van der Waals surface area contributed by atoms with E-state index in [1.165, 1.54) is 72.2 Å². The quantitative estimate of drug-likeness (QED) is 0.417. The van der Waals surface area contributed by atoms with Crippen LogP contribution in [0.4, 0.5) is 0 Å². The molecule has 0 fully saturated rings. The average Bonchev–Trinajstić information content (AvgIpc) is 3.03. The van der Waals surface area contributed by atoms with Gasteiger partial charge in [0.25, 0.3) is 0 Å². The summed E-state index contributed by atoms with van der Waals surface area (Å²) >= 11 is 1.82. The lowest BCUT2D eigenvalue weighted by Gasteiger charge is -2.07. The lowest BCUT2D eigenvalue weighted by atomic mass is 9.98. The number of hydrogen-bond acceptors (Lipinski definition) is 2.